The molecule has 0 radical (unpaired) electrons. The molecule has 2 aliphatic rings. The second kappa shape index (κ2) is 7.07. The Bertz CT molecular complexity index is 1210. The maximum absolute atomic E-state index is 14.6. The van der Waals surface area contributed by atoms with E-state index in [1.807, 2.05) is 4.57 Å². The van der Waals surface area contributed by atoms with Gasteiger partial charge in [-0.25, -0.2) is 14.4 Å². The van der Waals surface area contributed by atoms with Crippen LogP contribution in [0.1, 0.15) is 45.3 Å². The second-order valence-electron chi connectivity index (χ2n) is 7.16. The summed E-state index contributed by atoms with van der Waals surface area (Å²) >= 11 is 1.28. The molecule has 5 rings (SSSR count). The number of hydrogen-bond acceptors (Lipinski definition) is 5. The zero-order chi connectivity index (χ0) is 20.8. The number of fused-ring (bicyclic) bond motifs is 2. The molecule has 150 valence electrons. The lowest BCUT2D eigenvalue weighted by atomic mass is 10.1. The van der Waals surface area contributed by atoms with Crippen LogP contribution < -0.4 is 5.32 Å². The van der Waals surface area contributed by atoms with E-state index in [9.17, 15) is 14.0 Å². The average Bonchev–Trinajstić information content (AvgIpc) is 3.50. The summed E-state index contributed by atoms with van der Waals surface area (Å²) in [5, 5.41) is 4.93. The maximum Gasteiger partial charge on any atom is 0.255 e. The molecule has 30 heavy (non-hydrogen) atoms. The summed E-state index contributed by atoms with van der Waals surface area (Å²) < 4.78 is 16.6. The predicted octanol–water partition coefficient (Wildman–Crippen LogP) is 2.74. The molecule has 0 aliphatic carbocycles. The topological polar surface area (TPSA) is 80.1 Å². The van der Waals surface area contributed by atoms with Crippen LogP contribution in [-0.4, -0.2) is 31.2 Å². The Labute approximate surface area is 175 Å². The van der Waals surface area contributed by atoms with E-state index in [0.717, 1.165) is 25.1 Å². The van der Waals surface area contributed by atoms with Gasteiger partial charge in [0.2, 0.25) is 0 Å². The summed E-state index contributed by atoms with van der Waals surface area (Å²) in [5.74, 6) is 0.935. The van der Waals surface area contributed by atoms with Crippen molar-refractivity contribution in [3.8, 4) is 12.3 Å². The van der Waals surface area contributed by atoms with Gasteiger partial charge in [-0.15, -0.1) is 17.8 Å². The molecule has 2 aromatic heterocycles. The molecule has 3 aromatic rings. The number of carbonyl (C=O) groups excluding carboxylic acids is 2. The molecule has 0 spiro atoms. The number of rotatable bonds is 4. The normalized spacial score (nSPS) is 15.6. The predicted molar refractivity (Wildman–Crippen MR) is 108 cm³/mol. The van der Waals surface area contributed by atoms with Crippen molar-refractivity contribution in [3.63, 3.8) is 0 Å². The molecule has 1 unspecified atom stereocenters. The zero-order valence-corrected chi connectivity index (χ0v) is 16.6. The quantitative estimate of drug-likeness (QED) is 0.657. The number of amides is 2. The van der Waals surface area contributed by atoms with E-state index in [2.05, 4.69) is 21.2 Å². The van der Waals surface area contributed by atoms with Crippen LogP contribution in [0.2, 0.25) is 0 Å². The highest BCUT2D eigenvalue weighted by atomic mass is 32.1. The number of hydrogen-bond donors (Lipinski definition) is 1. The van der Waals surface area contributed by atoms with Crippen LogP contribution in [0.4, 0.5) is 9.52 Å². The third-order valence-corrected chi connectivity index (χ3v) is 6.14. The Morgan fingerprint density at radius 2 is 2.23 bits per heavy atom. The van der Waals surface area contributed by atoms with Crippen molar-refractivity contribution in [1.29, 1.82) is 0 Å². The average molecular weight is 421 g/mol. The number of nitrogens with zero attached hydrogens (tertiary/aromatic N) is 4. The van der Waals surface area contributed by atoms with E-state index in [1.165, 1.54) is 28.4 Å². The van der Waals surface area contributed by atoms with Crippen molar-refractivity contribution >= 4 is 28.3 Å². The maximum atomic E-state index is 14.6. The summed E-state index contributed by atoms with van der Waals surface area (Å²) in [6.45, 7) is 0.782. The van der Waals surface area contributed by atoms with E-state index >= 15 is 0 Å². The molecule has 1 atom stereocenters. The molecular weight excluding hydrogens is 405 g/mol. The van der Waals surface area contributed by atoms with Gasteiger partial charge in [-0.3, -0.25) is 14.9 Å². The number of terminal acetylenes is 1. The molecule has 0 saturated heterocycles. The molecule has 7 nitrogen and oxygen atoms in total. The van der Waals surface area contributed by atoms with E-state index in [4.69, 9.17) is 6.42 Å². The Morgan fingerprint density at radius 1 is 1.37 bits per heavy atom. The molecule has 9 heteroatoms. The fourth-order valence-corrected chi connectivity index (χ4v) is 4.61. The summed E-state index contributed by atoms with van der Waals surface area (Å²) in [6, 6.07) is 1.72. The number of benzene rings is 1. The van der Waals surface area contributed by atoms with Crippen LogP contribution in [0.5, 0.6) is 0 Å². The molecule has 4 heterocycles. The van der Waals surface area contributed by atoms with E-state index in [0.29, 0.717) is 10.8 Å². The monoisotopic (exact) mass is 421 g/mol. The first-order valence-electron chi connectivity index (χ1n) is 9.41. The number of imidazole rings is 1. The Kier molecular flexibility index (Phi) is 4.37. The molecule has 0 bridgehead atoms. The highest BCUT2D eigenvalue weighted by molar-refractivity contribution is 7.13. The molecule has 0 saturated carbocycles. The standard InChI is InChI=1S/C21H16FN5O2S/c1-2-12-8-13-14(15(22)9-12)10-27(20(13)29)18(19(28)25-21-23-5-7-30-21)17-16-4-3-6-26(16)11-24-17/h1,5,7-9,11,18H,3-4,6,10H2,(H,23,25,28). The summed E-state index contributed by atoms with van der Waals surface area (Å²) in [6.07, 6.45) is 10.4. The van der Waals surface area contributed by atoms with Gasteiger partial charge in [-0.1, -0.05) is 5.92 Å². The van der Waals surface area contributed by atoms with Crippen LogP contribution in [0.15, 0.2) is 30.0 Å². The lowest BCUT2D eigenvalue weighted by molar-refractivity contribution is -0.121. The summed E-state index contributed by atoms with van der Waals surface area (Å²) in [7, 11) is 0. The summed E-state index contributed by atoms with van der Waals surface area (Å²) in [5.41, 5.74) is 2.14. The number of carbonyl (C=O) groups is 2. The Hall–Kier alpha value is -3.51. The minimum absolute atomic E-state index is 0.0346. The van der Waals surface area contributed by atoms with Crippen LogP contribution in [0.25, 0.3) is 0 Å². The third-order valence-electron chi connectivity index (χ3n) is 5.45. The van der Waals surface area contributed by atoms with Crippen LogP contribution in [0, 0.1) is 18.2 Å². The number of nitrogens with one attached hydrogen (secondary N) is 1. The van der Waals surface area contributed by atoms with E-state index in [-0.39, 0.29) is 23.2 Å². The van der Waals surface area contributed by atoms with Crippen molar-refractivity contribution in [3.05, 3.63) is 63.9 Å². The second-order valence-corrected chi connectivity index (χ2v) is 8.06. The first-order valence-corrected chi connectivity index (χ1v) is 10.3. The largest absolute Gasteiger partial charge is 0.334 e. The van der Waals surface area contributed by atoms with Crippen molar-refractivity contribution < 1.29 is 14.0 Å². The van der Waals surface area contributed by atoms with Crippen LogP contribution in [0.3, 0.4) is 0 Å². The van der Waals surface area contributed by atoms with E-state index in [1.54, 1.807) is 17.9 Å². The molecule has 2 aliphatic heterocycles. The van der Waals surface area contributed by atoms with E-state index < -0.39 is 23.7 Å². The van der Waals surface area contributed by atoms with Gasteiger partial charge < -0.3 is 9.47 Å². The van der Waals surface area contributed by atoms with Crippen LogP contribution >= 0.6 is 11.3 Å². The zero-order valence-electron chi connectivity index (χ0n) is 15.8. The van der Waals surface area contributed by atoms with Crippen molar-refractivity contribution in [1.82, 2.24) is 19.4 Å². The smallest absolute Gasteiger partial charge is 0.255 e. The highest BCUT2D eigenvalue weighted by Gasteiger charge is 2.42. The number of aryl methyl sites for hydroxylation is 1. The lowest BCUT2D eigenvalue weighted by Gasteiger charge is -2.26. The fraction of sp³-hybridized carbons (Fsp3) is 0.238. The number of aromatic nitrogens is 3. The van der Waals surface area contributed by atoms with Gasteiger partial charge in [-0.05, 0) is 25.0 Å². The van der Waals surface area contributed by atoms with Crippen molar-refractivity contribution in [2.45, 2.75) is 32.0 Å². The lowest BCUT2D eigenvalue weighted by Crippen LogP contribution is -2.38. The number of anilines is 1. The third kappa shape index (κ3) is 2.88. The highest BCUT2D eigenvalue weighted by Crippen LogP contribution is 2.36. The number of halogens is 1. The van der Waals surface area contributed by atoms with Gasteiger partial charge >= 0.3 is 0 Å². The van der Waals surface area contributed by atoms with Crippen molar-refractivity contribution in [2.24, 2.45) is 0 Å². The van der Waals surface area contributed by atoms with Gasteiger partial charge in [0.05, 0.1) is 18.6 Å². The first-order chi connectivity index (χ1) is 14.6. The fourth-order valence-electron chi connectivity index (χ4n) is 4.08. The van der Waals surface area contributed by atoms with Gasteiger partial charge in [0, 0.05) is 40.5 Å². The molecule has 1 N–H and O–H groups in total. The number of thiazole rings is 1. The Morgan fingerprint density at radius 3 is 3.00 bits per heavy atom. The van der Waals surface area contributed by atoms with Gasteiger partial charge in [0.25, 0.3) is 11.8 Å². The molecule has 1 aromatic carbocycles. The molecule has 2 amide bonds. The molecular formula is C21H16FN5O2S. The van der Waals surface area contributed by atoms with Gasteiger partial charge in [-0.2, -0.15) is 0 Å². The minimum Gasteiger partial charge on any atom is -0.334 e. The summed E-state index contributed by atoms with van der Waals surface area (Å²) in [4.78, 5) is 36.4. The Balaban J connectivity index is 1.57. The molecule has 0 fully saturated rings. The minimum atomic E-state index is -1.00. The first kappa shape index (κ1) is 18.5. The SMILES string of the molecule is C#Cc1cc(F)c2c(c1)C(=O)N(C(C(=O)Nc1nccs1)c1ncn3c1CCC3)C2. The van der Waals surface area contributed by atoms with Crippen molar-refractivity contribution in [2.75, 3.05) is 5.32 Å². The van der Waals surface area contributed by atoms with Crippen LogP contribution in [-0.2, 0) is 24.3 Å². The van der Waals surface area contributed by atoms with Gasteiger partial charge in [0.1, 0.15) is 5.82 Å². The van der Waals surface area contributed by atoms with Gasteiger partial charge in [0.15, 0.2) is 11.2 Å².